The molecule has 0 spiro atoms. The van der Waals surface area contributed by atoms with Crippen molar-refractivity contribution in [2.45, 2.75) is 39.9 Å². The first kappa shape index (κ1) is 25.8. The van der Waals surface area contributed by atoms with Crippen molar-refractivity contribution in [1.29, 1.82) is 0 Å². The van der Waals surface area contributed by atoms with E-state index in [4.69, 9.17) is 15.9 Å². The second-order valence-corrected chi connectivity index (χ2v) is 8.92. The summed E-state index contributed by atoms with van der Waals surface area (Å²) in [5.74, 6) is 0.171. The van der Waals surface area contributed by atoms with Gasteiger partial charge in [0.1, 0.15) is 23.2 Å². The van der Waals surface area contributed by atoms with Gasteiger partial charge in [-0.3, -0.25) is 4.99 Å². The summed E-state index contributed by atoms with van der Waals surface area (Å²) in [7, 11) is 3.03. The Balaban J connectivity index is 2.57. The number of hydrogen-bond donors (Lipinski definition) is 3. The van der Waals surface area contributed by atoms with Gasteiger partial charge in [0.2, 0.25) is 0 Å². The molecule has 0 aliphatic rings. The third-order valence-electron chi connectivity index (χ3n) is 4.91. The summed E-state index contributed by atoms with van der Waals surface area (Å²) in [5, 5.41) is 10.6. The maximum atomic E-state index is 13.5. The zero-order chi connectivity index (χ0) is 25.3. The maximum absolute atomic E-state index is 13.5. The van der Waals surface area contributed by atoms with E-state index < -0.39 is 29.1 Å². The molecule has 1 aromatic carbocycles. The van der Waals surface area contributed by atoms with Gasteiger partial charge >= 0.3 is 6.18 Å². The van der Waals surface area contributed by atoms with E-state index in [1.54, 1.807) is 19.1 Å². The second kappa shape index (κ2) is 9.21. The molecule has 2 rings (SSSR count). The smallest absolute Gasteiger partial charge is 0.417 e. The average molecular weight is 466 g/mol. The number of amidine groups is 2. The van der Waals surface area contributed by atoms with E-state index in [-0.39, 0.29) is 28.5 Å². The Kier molecular flexibility index (Phi) is 7.20. The van der Waals surface area contributed by atoms with Crippen molar-refractivity contribution in [3.05, 3.63) is 53.5 Å². The number of aryl methyl sites for hydroxylation is 1. The number of hydrogen-bond acceptors (Lipinski definition) is 5. The number of rotatable bonds is 5. The quantitative estimate of drug-likeness (QED) is 0.426. The fourth-order valence-corrected chi connectivity index (χ4v) is 3.10. The summed E-state index contributed by atoms with van der Waals surface area (Å²) in [6.07, 6.45) is -4.71. The van der Waals surface area contributed by atoms with E-state index in [1.165, 1.54) is 19.0 Å². The van der Waals surface area contributed by atoms with Gasteiger partial charge in [0.25, 0.3) is 0 Å². The van der Waals surface area contributed by atoms with Gasteiger partial charge < -0.3 is 25.9 Å². The molecular formula is C23H30F3N5O2. The highest BCUT2D eigenvalue weighted by atomic mass is 19.4. The van der Waals surface area contributed by atoms with Crippen LogP contribution in [-0.2, 0) is 6.18 Å². The predicted octanol–water partition coefficient (Wildman–Crippen LogP) is 4.98. The van der Waals surface area contributed by atoms with Crippen LogP contribution in [0, 0.1) is 12.3 Å². The number of nitrogens with two attached hydrogens (primary N) is 2. The van der Waals surface area contributed by atoms with Crippen LogP contribution in [-0.4, -0.2) is 35.8 Å². The number of phenolic OH excluding ortho intramolecular Hbond substituents is 1. The van der Waals surface area contributed by atoms with E-state index in [0.29, 0.717) is 11.5 Å². The molecule has 0 radical (unpaired) electrons. The van der Waals surface area contributed by atoms with Crippen molar-refractivity contribution >= 4 is 23.1 Å². The number of phenols is 1. The molecule has 0 saturated heterocycles. The molecule has 0 bridgehead atoms. The molecule has 0 saturated carbocycles. The highest BCUT2D eigenvalue weighted by Gasteiger charge is 2.36. The van der Waals surface area contributed by atoms with Gasteiger partial charge in [-0.15, -0.1) is 0 Å². The molecule has 0 aliphatic heterocycles. The van der Waals surface area contributed by atoms with E-state index in [0.717, 1.165) is 12.1 Å². The summed E-state index contributed by atoms with van der Waals surface area (Å²) in [4.78, 5) is 9.86. The van der Waals surface area contributed by atoms with Gasteiger partial charge in [-0.05, 0) is 36.6 Å². The fourth-order valence-electron chi connectivity index (χ4n) is 3.10. The number of benzene rings is 1. The Hall–Kier alpha value is -3.43. The predicted molar refractivity (Wildman–Crippen MR) is 124 cm³/mol. The lowest BCUT2D eigenvalue weighted by Gasteiger charge is -2.26. The lowest BCUT2D eigenvalue weighted by Crippen LogP contribution is -2.33. The summed E-state index contributed by atoms with van der Waals surface area (Å²) in [6, 6.07) is 4.92. The van der Waals surface area contributed by atoms with Crippen molar-refractivity contribution in [2.24, 2.45) is 26.9 Å². The van der Waals surface area contributed by atoms with E-state index in [1.807, 2.05) is 20.8 Å². The third kappa shape index (κ3) is 5.88. The molecule has 0 unspecified atom stereocenters. The van der Waals surface area contributed by atoms with Crippen LogP contribution in [0.25, 0.3) is 5.70 Å². The fraction of sp³-hybridized carbons (Fsp3) is 0.391. The van der Waals surface area contributed by atoms with Gasteiger partial charge in [-0.1, -0.05) is 27.4 Å². The van der Waals surface area contributed by atoms with Crippen molar-refractivity contribution in [3.63, 3.8) is 0 Å². The lowest BCUT2D eigenvalue weighted by atomic mass is 9.85. The first-order valence-electron chi connectivity index (χ1n) is 10.1. The van der Waals surface area contributed by atoms with Crippen LogP contribution in [0.5, 0.6) is 5.75 Å². The van der Waals surface area contributed by atoms with Crippen LogP contribution >= 0.6 is 0 Å². The summed E-state index contributed by atoms with van der Waals surface area (Å²) in [5.41, 5.74) is 9.91. The lowest BCUT2D eigenvalue weighted by molar-refractivity contribution is -0.137. The zero-order valence-corrected chi connectivity index (χ0v) is 19.6. The Morgan fingerprint density at radius 1 is 1.09 bits per heavy atom. The number of furan rings is 1. The number of halogens is 3. The van der Waals surface area contributed by atoms with Gasteiger partial charge in [-0.25, -0.2) is 4.99 Å². The molecule has 0 fully saturated rings. The van der Waals surface area contributed by atoms with Crippen molar-refractivity contribution in [1.82, 2.24) is 4.90 Å². The van der Waals surface area contributed by atoms with Crippen LogP contribution in [0.1, 0.15) is 49.5 Å². The minimum atomic E-state index is -4.71. The van der Waals surface area contributed by atoms with Gasteiger partial charge in [0.15, 0.2) is 17.4 Å². The van der Waals surface area contributed by atoms with Crippen LogP contribution in [0.4, 0.5) is 18.9 Å². The maximum Gasteiger partial charge on any atom is 0.417 e. The van der Waals surface area contributed by atoms with Crippen LogP contribution in [0.3, 0.4) is 0 Å². The first-order valence-corrected chi connectivity index (χ1v) is 10.1. The molecule has 10 heteroatoms. The Morgan fingerprint density at radius 3 is 2.15 bits per heavy atom. The molecule has 1 aromatic heterocycles. The Labute approximate surface area is 191 Å². The highest BCUT2D eigenvalue weighted by molar-refractivity contribution is 6.39. The minimum Gasteiger partial charge on any atom is -0.505 e. The number of aromatic hydroxyl groups is 1. The van der Waals surface area contributed by atoms with Gasteiger partial charge in [-0.2, -0.15) is 13.2 Å². The second-order valence-electron chi connectivity index (χ2n) is 8.92. The third-order valence-corrected chi connectivity index (χ3v) is 4.91. The average Bonchev–Trinajstić information content (AvgIpc) is 3.10. The molecule has 1 atom stereocenters. The zero-order valence-electron chi connectivity index (χ0n) is 19.6. The number of alkyl halides is 3. The first-order chi connectivity index (χ1) is 15.0. The van der Waals surface area contributed by atoms with Crippen LogP contribution < -0.4 is 11.5 Å². The van der Waals surface area contributed by atoms with E-state index >= 15 is 0 Å². The molecule has 2 aromatic rings. The van der Waals surface area contributed by atoms with Gasteiger partial charge in [0, 0.05) is 19.8 Å². The van der Waals surface area contributed by atoms with Gasteiger partial charge in [0.05, 0.1) is 11.1 Å². The summed E-state index contributed by atoms with van der Waals surface area (Å²) < 4.78 is 46.2. The van der Waals surface area contributed by atoms with E-state index in [9.17, 15) is 18.3 Å². The van der Waals surface area contributed by atoms with Crippen LogP contribution in [0.2, 0.25) is 0 Å². The highest BCUT2D eigenvalue weighted by Crippen LogP contribution is 2.44. The molecule has 0 amide bonds. The molecule has 5 N–H and O–H groups in total. The van der Waals surface area contributed by atoms with Crippen molar-refractivity contribution < 1.29 is 22.7 Å². The largest absolute Gasteiger partial charge is 0.505 e. The normalized spacial score (nSPS) is 14.3. The monoisotopic (exact) mass is 465 g/mol. The standard InChI is InChI=1S/C23H30F3N5O2/c1-12-8-11-16(33-12)19(22(3,4)5)30-21(28)20(27)29-15-10-9-14(23(24,25)26)17(18(15)32)13(2)31(6)7/h8-11,19,32H,2H2,1,3-7H3,(H2,27,29)(H2,28,30)/t19-/m0/s1. The summed E-state index contributed by atoms with van der Waals surface area (Å²) in [6.45, 7) is 11.3. The molecule has 180 valence electrons. The molecule has 7 nitrogen and oxygen atoms in total. The topological polar surface area (TPSA) is 113 Å². The molecular weight excluding hydrogens is 435 g/mol. The Bertz CT molecular complexity index is 1090. The molecule has 33 heavy (non-hydrogen) atoms. The Morgan fingerprint density at radius 2 is 1.70 bits per heavy atom. The van der Waals surface area contributed by atoms with Crippen molar-refractivity contribution in [3.8, 4) is 5.75 Å². The molecule has 0 aliphatic carbocycles. The minimum absolute atomic E-state index is 0.0435. The van der Waals surface area contributed by atoms with E-state index in [2.05, 4.69) is 16.6 Å². The molecule has 1 heterocycles. The summed E-state index contributed by atoms with van der Waals surface area (Å²) >= 11 is 0. The number of nitrogens with zero attached hydrogens (tertiary/aromatic N) is 3. The van der Waals surface area contributed by atoms with Crippen LogP contribution in [0.15, 0.2) is 45.2 Å². The number of aliphatic imine (C=N–C) groups is 2. The SMILES string of the molecule is C=C(c1c(C(F)(F)F)ccc(N=C(N)C(N)=N[C@@H](c2ccc(C)o2)C(C)(C)C)c1O)N(C)C. The van der Waals surface area contributed by atoms with Crippen molar-refractivity contribution in [2.75, 3.05) is 14.1 Å².